The summed E-state index contributed by atoms with van der Waals surface area (Å²) in [5, 5.41) is 0. The van der Waals surface area contributed by atoms with Crippen LogP contribution in [-0.2, 0) is 9.53 Å². The molecule has 2 heterocycles. The Hall–Kier alpha value is -2.73. The van der Waals surface area contributed by atoms with Gasteiger partial charge in [0.1, 0.15) is 6.61 Å². The largest absolute Gasteiger partial charge is 0.375 e. The standard InChI is InChI=1S/C20H23N3O3/c1-26-13-19(24)23-10-4-7-16(12-23)18-9-3-8-17(22-18)14-5-2-6-15(11-14)20(21)25/h2-3,5-6,8-9,11,16H,4,7,10,12-13H2,1H3,(H2,21,25). The van der Waals surface area contributed by atoms with Crippen LogP contribution in [0.1, 0.15) is 34.8 Å². The Morgan fingerprint density at radius 3 is 2.85 bits per heavy atom. The maximum atomic E-state index is 12.1. The van der Waals surface area contributed by atoms with Gasteiger partial charge >= 0.3 is 0 Å². The van der Waals surface area contributed by atoms with E-state index in [-0.39, 0.29) is 18.4 Å². The number of hydrogen-bond acceptors (Lipinski definition) is 4. The number of benzene rings is 1. The number of methoxy groups -OCH3 is 1. The fraction of sp³-hybridized carbons (Fsp3) is 0.350. The number of piperidine rings is 1. The maximum absolute atomic E-state index is 12.1. The van der Waals surface area contributed by atoms with E-state index in [1.54, 1.807) is 18.2 Å². The third-order valence-electron chi connectivity index (χ3n) is 4.67. The number of carbonyl (C=O) groups excluding carboxylic acids is 2. The Balaban J connectivity index is 1.82. The average Bonchev–Trinajstić information content (AvgIpc) is 2.68. The number of likely N-dealkylation sites (tertiary alicyclic amines) is 1. The normalized spacial score (nSPS) is 17.1. The molecule has 0 radical (unpaired) electrons. The van der Waals surface area contributed by atoms with E-state index in [1.807, 2.05) is 29.2 Å². The van der Waals surface area contributed by atoms with E-state index in [4.69, 9.17) is 15.5 Å². The maximum Gasteiger partial charge on any atom is 0.248 e. The van der Waals surface area contributed by atoms with Crippen LogP contribution in [0.3, 0.4) is 0 Å². The van der Waals surface area contributed by atoms with Gasteiger partial charge in [0.05, 0.1) is 5.69 Å². The second-order valence-corrected chi connectivity index (χ2v) is 6.50. The van der Waals surface area contributed by atoms with E-state index in [0.29, 0.717) is 12.1 Å². The number of hydrogen-bond donors (Lipinski definition) is 1. The van der Waals surface area contributed by atoms with E-state index in [1.165, 1.54) is 7.11 Å². The zero-order valence-electron chi connectivity index (χ0n) is 14.9. The summed E-state index contributed by atoms with van der Waals surface area (Å²) in [6, 6.07) is 13.0. The van der Waals surface area contributed by atoms with Gasteiger partial charge in [0, 0.05) is 42.9 Å². The molecule has 26 heavy (non-hydrogen) atoms. The third-order valence-corrected chi connectivity index (χ3v) is 4.67. The molecule has 1 saturated heterocycles. The molecular weight excluding hydrogens is 330 g/mol. The molecule has 1 atom stereocenters. The smallest absolute Gasteiger partial charge is 0.248 e. The van der Waals surface area contributed by atoms with Gasteiger partial charge in [-0.2, -0.15) is 0 Å². The SMILES string of the molecule is COCC(=O)N1CCCC(c2cccc(-c3cccc(C(N)=O)c3)n2)C1. The minimum atomic E-state index is -0.456. The predicted molar refractivity (Wildman–Crippen MR) is 98.6 cm³/mol. The van der Waals surface area contributed by atoms with Crippen molar-refractivity contribution in [3.05, 3.63) is 53.7 Å². The van der Waals surface area contributed by atoms with Crippen molar-refractivity contribution in [1.29, 1.82) is 0 Å². The molecule has 6 nitrogen and oxygen atoms in total. The number of pyridine rings is 1. The number of aromatic nitrogens is 1. The molecule has 1 aromatic heterocycles. The molecule has 1 unspecified atom stereocenters. The highest BCUT2D eigenvalue weighted by atomic mass is 16.5. The van der Waals surface area contributed by atoms with Crippen LogP contribution in [0.2, 0.25) is 0 Å². The van der Waals surface area contributed by atoms with Crippen LogP contribution in [0.4, 0.5) is 0 Å². The van der Waals surface area contributed by atoms with E-state index in [0.717, 1.165) is 36.3 Å². The highest BCUT2D eigenvalue weighted by Crippen LogP contribution is 2.28. The van der Waals surface area contributed by atoms with Crippen LogP contribution < -0.4 is 5.73 Å². The zero-order valence-corrected chi connectivity index (χ0v) is 14.9. The first-order chi connectivity index (χ1) is 12.6. The van der Waals surface area contributed by atoms with Crippen molar-refractivity contribution in [1.82, 2.24) is 9.88 Å². The first-order valence-corrected chi connectivity index (χ1v) is 8.72. The molecule has 3 rings (SSSR count). The summed E-state index contributed by atoms with van der Waals surface area (Å²) in [4.78, 5) is 30.1. The number of nitrogens with two attached hydrogens (primary N) is 1. The minimum absolute atomic E-state index is 0.0162. The quantitative estimate of drug-likeness (QED) is 0.893. The van der Waals surface area contributed by atoms with Crippen LogP contribution in [-0.4, -0.2) is 48.5 Å². The molecule has 0 bridgehead atoms. The lowest BCUT2D eigenvalue weighted by molar-refractivity contribution is -0.136. The van der Waals surface area contributed by atoms with Gasteiger partial charge in [-0.15, -0.1) is 0 Å². The van der Waals surface area contributed by atoms with E-state index in [2.05, 4.69) is 0 Å². The lowest BCUT2D eigenvalue weighted by Gasteiger charge is -2.32. The zero-order chi connectivity index (χ0) is 18.5. The van der Waals surface area contributed by atoms with E-state index in [9.17, 15) is 9.59 Å². The van der Waals surface area contributed by atoms with Crippen molar-refractivity contribution >= 4 is 11.8 Å². The molecule has 2 amide bonds. The molecule has 2 aromatic rings. The van der Waals surface area contributed by atoms with Gasteiger partial charge in [0.15, 0.2) is 0 Å². The van der Waals surface area contributed by atoms with Crippen molar-refractivity contribution < 1.29 is 14.3 Å². The van der Waals surface area contributed by atoms with Crippen molar-refractivity contribution in [3.8, 4) is 11.3 Å². The number of rotatable bonds is 5. The molecule has 1 fully saturated rings. The van der Waals surface area contributed by atoms with Crippen LogP contribution in [0.5, 0.6) is 0 Å². The Morgan fingerprint density at radius 2 is 2.08 bits per heavy atom. The Labute approximate surface area is 153 Å². The Bertz CT molecular complexity index is 806. The monoisotopic (exact) mass is 353 g/mol. The molecule has 2 N–H and O–H groups in total. The summed E-state index contributed by atoms with van der Waals surface area (Å²) >= 11 is 0. The fourth-order valence-electron chi connectivity index (χ4n) is 3.33. The second kappa shape index (κ2) is 8.10. The van der Waals surface area contributed by atoms with Gasteiger partial charge in [-0.25, -0.2) is 0 Å². The van der Waals surface area contributed by atoms with E-state index >= 15 is 0 Å². The molecule has 0 spiro atoms. The number of primary amides is 1. The van der Waals surface area contributed by atoms with Crippen molar-refractivity contribution in [2.45, 2.75) is 18.8 Å². The van der Waals surface area contributed by atoms with Gasteiger partial charge in [-0.05, 0) is 37.1 Å². The lowest BCUT2D eigenvalue weighted by atomic mass is 9.93. The molecule has 0 saturated carbocycles. The van der Waals surface area contributed by atoms with Crippen molar-refractivity contribution in [2.75, 3.05) is 26.8 Å². The predicted octanol–water partition coefficient (Wildman–Crippen LogP) is 2.20. The molecule has 6 heteroatoms. The molecule has 1 aliphatic heterocycles. The summed E-state index contributed by atoms with van der Waals surface area (Å²) in [5.41, 5.74) is 8.44. The van der Waals surface area contributed by atoms with Crippen LogP contribution >= 0.6 is 0 Å². The number of nitrogens with zero attached hydrogens (tertiary/aromatic N) is 2. The van der Waals surface area contributed by atoms with Gasteiger partial charge in [-0.3, -0.25) is 14.6 Å². The van der Waals surface area contributed by atoms with Gasteiger partial charge < -0.3 is 15.4 Å². The molecule has 1 aromatic carbocycles. The highest BCUT2D eigenvalue weighted by Gasteiger charge is 2.25. The lowest BCUT2D eigenvalue weighted by Crippen LogP contribution is -2.41. The molecule has 1 aliphatic rings. The van der Waals surface area contributed by atoms with Crippen LogP contribution in [0.25, 0.3) is 11.3 Å². The summed E-state index contributed by atoms with van der Waals surface area (Å²) in [6.45, 7) is 1.53. The second-order valence-electron chi connectivity index (χ2n) is 6.50. The summed E-state index contributed by atoms with van der Waals surface area (Å²) in [5.74, 6) is -0.242. The van der Waals surface area contributed by atoms with Gasteiger partial charge in [0.2, 0.25) is 11.8 Å². The summed E-state index contributed by atoms with van der Waals surface area (Å²) < 4.78 is 4.96. The minimum Gasteiger partial charge on any atom is -0.375 e. The highest BCUT2D eigenvalue weighted by molar-refractivity contribution is 5.94. The number of carbonyl (C=O) groups is 2. The Morgan fingerprint density at radius 1 is 1.27 bits per heavy atom. The van der Waals surface area contributed by atoms with Crippen molar-refractivity contribution in [2.24, 2.45) is 5.73 Å². The van der Waals surface area contributed by atoms with Crippen LogP contribution in [0.15, 0.2) is 42.5 Å². The summed E-state index contributed by atoms with van der Waals surface area (Å²) in [6.07, 6.45) is 1.94. The Kier molecular flexibility index (Phi) is 5.63. The number of ether oxygens (including phenoxy) is 1. The molecule has 0 aliphatic carbocycles. The van der Waals surface area contributed by atoms with Crippen molar-refractivity contribution in [3.63, 3.8) is 0 Å². The number of amides is 2. The molecule has 136 valence electrons. The average molecular weight is 353 g/mol. The van der Waals surface area contributed by atoms with Gasteiger partial charge in [0.25, 0.3) is 0 Å². The topological polar surface area (TPSA) is 85.5 Å². The molecular formula is C20H23N3O3. The fourth-order valence-corrected chi connectivity index (χ4v) is 3.33. The summed E-state index contributed by atoms with van der Waals surface area (Å²) in [7, 11) is 1.53. The third kappa shape index (κ3) is 4.08. The van der Waals surface area contributed by atoms with Crippen LogP contribution in [0, 0.1) is 0 Å². The van der Waals surface area contributed by atoms with E-state index < -0.39 is 5.91 Å². The first-order valence-electron chi connectivity index (χ1n) is 8.72. The van der Waals surface area contributed by atoms with Gasteiger partial charge in [-0.1, -0.05) is 18.2 Å². The first kappa shape index (κ1) is 18.1.